The molecule has 2 aromatic rings. The van der Waals surface area contributed by atoms with Crippen LogP contribution < -0.4 is 10.2 Å². The minimum absolute atomic E-state index is 0.0837. The molecule has 2 rings (SSSR count). The van der Waals surface area contributed by atoms with Crippen LogP contribution >= 0.6 is 11.8 Å². The average molecular weight is 399 g/mol. The van der Waals surface area contributed by atoms with Crippen molar-refractivity contribution in [2.45, 2.75) is 11.1 Å². The monoisotopic (exact) mass is 399 g/mol. The lowest BCUT2D eigenvalue weighted by Gasteiger charge is -2.18. The summed E-state index contributed by atoms with van der Waals surface area (Å²) in [6.07, 6.45) is -4.61. The lowest BCUT2D eigenvalue weighted by Crippen LogP contribution is -2.19. The number of hydrogen-bond donors (Lipinski definition) is 1. The summed E-state index contributed by atoms with van der Waals surface area (Å²) in [5.74, 6) is -0.744. The van der Waals surface area contributed by atoms with Crippen molar-refractivity contribution in [3.05, 3.63) is 58.1 Å². The van der Waals surface area contributed by atoms with Crippen LogP contribution in [0.3, 0.4) is 0 Å². The van der Waals surface area contributed by atoms with Gasteiger partial charge in [-0.1, -0.05) is 0 Å². The van der Waals surface area contributed by atoms with Gasteiger partial charge in [0.15, 0.2) is 0 Å². The molecule has 144 valence electrons. The fourth-order valence-electron chi connectivity index (χ4n) is 2.15. The van der Waals surface area contributed by atoms with Gasteiger partial charge in [-0.3, -0.25) is 14.9 Å². The summed E-state index contributed by atoms with van der Waals surface area (Å²) in [4.78, 5) is 24.2. The van der Waals surface area contributed by atoms with E-state index in [2.05, 4.69) is 5.32 Å². The largest absolute Gasteiger partial charge is 0.418 e. The third-order valence-electron chi connectivity index (χ3n) is 3.52. The molecule has 0 atom stereocenters. The second kappa shape index (κ2) is 8.30. The fraction of sp³-hybridized carbons (Fsp3) is 0.235. The zero-order valence-electron chi connectivity index (χ0n) is 14.4. The van der Waals surface area contributed by atoms with E-state index in [0.717, 1.165) is 17.8 Å². The quantitative estimate of drug-likeness (QED) is 0.442. The number of amides is 1. The van der Waals surface area contributed by atoms with Crippen LogP contribution in [-0.2, 0) is 11.0 Å². The molecule has 0 saturated heterocycles. The molecular formula is C17H16F3N3O3S. The summed E-state index contributed by atoms with van der Waals surface area (Å²) in [7, 11) is 3.24. The highest BCUT2D eigenvalue weighted by atomic mass is 32.2. The third kappa shape index (κ3) is 5.61. The molecular weight excluding hydrogens is 383 g/mol. The van der Waals surface area contributed by atoms with Crippen molar-refractivity contribution in [3.63, 3.8) is 0 Å². The normalized spacial score (nSPS) is 11.1. The van der Waals surface area contributed by atoms with Gasteiger partial charge in [-0.15, -0.1) is 11.8 Å². The fourth-order valence-corrected chi connectivity index (χ4v) is 2.85. The number of carbonyl (C=O) groups is 1. The van der Waals surface area contributed by atoms with Gasteiger partial charge in [0.05, 0.1) is 21.9 Å². The van der Waals surface area contributed by atoms with E-state index in [1.54, 1.807) is 14.1 Å². The van der Waals surface area contributed by atoms with E-state index in [1.165, 1.54) is 41.3 Å². The second-order valence-electron chi connectivity index (χ2n) is 5.71. The maximum absolute atomic E-state index is 13.3. The minimum atomic E-state index is -4.61. The lowest BCUT2D eigenvalue weighted by atomic mass is 10.1. The number of carbonyl (C=O) groups excluding carboxylic acids is 1. The number of nitrogens with one attached hydrogen (secondary N) is 1. The number of rotatable bonds is 6. The smallest absolute Gasteiger partial charge is 0.378 e. The molecule has 0 heterocycles. The number of hydrogen-bond acceptors (Lipinski definition) is 5. The Morgan fingerprint density at radius 3 is 2.33 bits per heavy atom. The maximum Gasteiger partial charge on any atom is 0.418 e. The molecule has 0 bridgehead atoms. The SMILES string of the molecule is CN(C)c1ccc(NC(=O)CSc2ccc([N+](=O)[O-])cc2)c(C(F)(F)F)c1. The number of anilines is 2. The van der Waals surface area contributed by atoms with Crippen LogP contribution in [-0.4, -0.2) is 30.7 Å². The highest BCUT2D eigenvalue weighted by molar-refractivity contribution is 8.00. The molecule has 0 radical (unpaired) electrons. The molecule has 0 saturated carbocycles. The Hall–Kier alpha value is -2.75. The van der Waals surface area contributed by atoms with Crippen molar-refractivity contribution in [3.8, 4) is 0 Å². The van der Waals surface area contributed by atoms with Gasteiger partial charge in [0.2, 0.25) is 5.91 Å². The van der Waals surface area contributed by atoms with Gasteiger partial charge in [0.25, 0.3) is 5.69 Å². The summed E-state index contributed by atoms with van der Waals surface area (Å²) in [5.41, 5.74) is -0.968. The Balaban J connectivity index is 2.07. The van der Waals surface area contributed by atoms with Crippen LogP contribution in [0.1, 0.15) is 5.56 Å². The first-order valence-corrected chi connectivity index (χ1v) is 8.62. The molecule has 10 heteroatoms. The van der Waals surface area contributed by atoms with Gasteiger partial charge >= 0.3 is 6.18 Å². The predicted octanol–water partition coefficient (Wildman–Crippen LogP) is 4.41. The topological polar surface area (TPSA) is 75.5 Å². The first-order valence-electron chi connectivity index (χ1n) is 7.63. The number of non-ortho nitro benzene ring substituents is 1. The molecule has 0 aliphatic rings. The van der Waals surface area contributed by atoms with Gasteiger partial charge < -0.3 is 10.2 Å². The molecule has 1 N–H and O–H groups in total. The predicted molar refractivity (Wildman–Crippen MR) is 98.2 cm³/mol. The van der Waals surface area contributed by atoms with Crippen molar-refractivity contribution >= 4 is 34.7 Å². The number of nitro groups is 1. The Morgan fingerprint density at radius 1 is 1.19 bits per heavy atom. The Labute approximate surface area is 157 Å². The van der Waals surface area contributed by atoms with E-state index in [4.69, 9.17) is 0 Å². The molecule has 6 nitrogen and oxygen atoms in total. The van der Waals surface area contributed by atoms with Crippen molar-refractivity contribution in [1.82, 2.24) is 0 Å². The Morgan fingerprint density at radius 2 is 1.81 bits per heavy atom. The molecule has 1 amide bonds. The van der Waals surface area contributed by atoms with Gasteiger partial charge in [0.1, 0.15) is 0 Å². The van der Waals surface area contributed by atoms with E-state index in [9.17, 15) is 28.1 Å². The van der Waals surface area contributed by atoms with Gasteiger partial charge in [0, 0.05) is 36.8 Å². The van der Waals surface area contributed by atoms with Crippen LogP contribution in [0.15, 0.2) is 47.4 Å². The maximum atomic E-state index is 13.3. The van der Waals surface area contributed by atoms with E-state index in [0.29, 0.717) is 10.6 Å². The molecule has 27 heavy (non-hydrogen) atoms. The van der Waals surface area contributed by atoms with E-state index in [1.807, 2.05) is 0 Å². The van der Waals surface area contributed by atoms with Crippen LogP contribution in [0.25, 0.3) is 0 Å². The third-order valence-corrected chi connectivity index (χ3v) is 4.53. The lowest BCUT2D eigenvalue weighted by molar-refractivity contribution is -0.384. The number of benzene rings is 2. The minimum Gasteiger partial charge on any atom is -0.378 e. The molecule has 0 aliphatic carbocycles. The van der Waals surface area contributed by atoms with Crippen molar-refractivity contribution in [2.24, 2.45) is 0 Å². The number of nitro benzene ring substituents is 1. The molecule has 0 unspecified atom stereocenters. The molecule has 0 spiro atoms. The standard InChI is InChI=1S/C17H16F3N3O3S/c1-22(2)12-5-8-15(14(9-12)17(18,19)20)21-16(24)10-27-13-6-3-11(4-7-13)23(25)26/h3-9H,10H2,1-2H3,(H,21,24). The summed E-state index contributed by atoms with van der Waals surface area (Å²) in [6, 6.07) is 9.20. The van der Waals surface area contributed by atoms with Crippen molar-refractivity contribution in [1.29, 1.82) is 0 Å². The molecule has 0 aromatic heterocycles. The number of nitrogens with zero attached hydrogens (tertiary/aromatic N) is 2. The summed E-state index contributed by atoms with van der Waals surface area (Å²) in [6.45, 7) is 0. The van der Waals surface area contributed by atoms with E-state index in [-0.39, 0.29) is 17.1 Å². The highest BCUT2D eigenvalue weighted by Crippen LogP contribution is 2.37. The van der Waals surface area contributed by atoms with Gasteiger partial charge in [-0.25, -0.2) is 0 Å². The highest BCUT2D eigenvalue weighted by Gasteiger charge is 2.34. The van der Waals surface area contributed by atoms with Crippen LogP contribution in [0, 0.1) is 10.1 Å². The average Bonchev–Trinajstić information content (AvgIpc) is 2.59. The van der Waals surface area contributed by atoms with Gasteiger partial charge in [-0.05, 0) is 30.3 Å². The number of thioether (sulfide) groups is 1. The van der Waals surface area contributed by atoms with Crippen LogP contribution in [0.2, 0.25) is 0 Å². The van der Waals surface area contributed by atoms with E-state index >= 15 is 0 Å². The van der Waals surface area contributed by atoms with Gasteiger partial charge in [-0.2, -0.15) is 13.2 Å². The molecule has 0 fully saturated rings. The first kappa shape index (κ1) is 20.6. The zero-order valence-corrected chi connectivity index (χ0v) is 15.2. The zero-order chi connectivity index (χ0) is 20.2. The first-order chi connectivity index (χ1) is 12.6. The van der Waals surface area contributed by atoms with E-state index < -0.39 is 22.6 Å². The second-order valence-corrected chi connectivity index (χ2v) is 6.76. The Bertz CT molecular complexity index is 840. The van der Waals surface area contributed by atoms with Crippen molar-refractivity contribution in [2.75, 3.05) is 30.1 Å². The summed E-state index contributed by atoms with van der Waals surface area (Å²) in [5, 5.41) is 12.9. The van der Waals surface area contributed by atoms with Crippen LogP contribution in [0.5, 0.6) is 0 Å². The number of halogens is 3. The van der Waals surface area contributed by atoms with Crippen molar-refractivity contribution < 1.29 is 22.9 Å². The summed E-state index contributed by atoms with van der Waals surface area (Å²) < 4.78 is 39.8. The molecule has 2 aromatic carbocycles. The van der Waals surface area contributed by atoms with Crippen LogP contribution in [0.4, 0.5) is 30.2 Å². The number of alkyl halides is 3. The Kier molecular flexibility index (Phi) is 6.32. The molecule has 0 aliphatic heterocycles. The summed E-state index contributed by atoms with van der Waals surface area (Å²) >= 11 is 1.07.